The Balaban J connectivity index is 2.78. The lowest BCUT2D eigenvalue weighted by molar-refractivity contribution is -0.122. The van der Waals surface area contributed by atoms with Crippen molar-refractivity contribution >= 4 is 12.0 Å². The Morgan fingerprint density at radius 1 is 1.39 bits per heavy atom. The quantitative estimate of drug-likeness (QED) is 0.720. The second kappa shape index (κ2) is 6.25. The van der Waals surface area contributed by atoms with Gasteiger partial charge < -0.3 is 15.7 Å². The van der Waals surface area contributed by atoms with Crippen molar-refractivity contribution in [3.63, 3.8) is 0 Å². The zero-order chi connectivity index (χ0) is 13.5. The van der Waals surface area contributed by atoms with Crippen molar-refractivity contribution in [1.29, 1.82) is 5.26 Å². The Kier molecular flexibility index (Phi) is 4.69. The molecule has 0 heterocycles. The minimum atomic E-state index is -1.25. The van der Waals surface area contributed by atoms with Gasteiger partial charge in [0.25, 0.3) is 0 Å². The van der Waals surface area contributed by atoms with Crippen LogP contribution in [0.4, 0.5) is 4.79 Å². The third kappa shape index (κ3) is 3.79. The molecule has 0 fully saturated rings. The topological polar surface area (TPSA) is 102 Å². The van der Waals surface area contributed by atoms with Crippen LogP contribution in [0, 0.1) is 11.3 Å². The Morgan fingerprint density at radius 2 is 2.00 bits per heavy atom. The summed E-state index contributed by atoms with van der Waals surface area (Å²) >= 11 is 0. The predicted octanol–water partition coefficient (Wildman–Crippen LogP) is 0.483. The maximum atomic E-state index is 11.5. The lowest BCUT2D eigenvalue weighted by Crippen LogP contribution is -2.46. The van der Waals surface area contributed by atoms with Crippen LogP contribution >= 0.6 is 0 Å². The van der Waals surface area contributed by atoms with Gasteiger partial charge in [0, 0.05) is 13.5 Å². The van der Waals surface area contributed by atoms with Gasteiger partial charge >= 0.3 is 6.09 Å². The highest BCUT2D eigenvalue weighted by Crippen LogP contribution is 2.06. The normalized spacial score (nSPS) is 11.1. The molecule has 1 atom stereocenters. The Morgan fingerprint density at radius 3 is 2.44 bits per heavy atom. The molecule has 1 rings (SSSR count). The third-order valence-corrected chi connectivity index (χ3v) is 2.38. The summed E-state index contributed by atoms with van der Waals surface area (Å²) in [6, 6.07) is 7.77. The van der Waals surface area contributed by atoms with Crippen molar-refractivity contribution in [2.24, 2.45) is 0 Å². The maximum absolute atomic E-state index is 11.5. The number of rotatable bonds is 4. The maximum Gasteiger partial charge on any atom is 0.405 e. The molecule has 0 aliphatic carbocycles. The molecule has 6 heteroatoms. The van der Waals surface area contributed by atoms with Gasteiger partial charge in [-0.15, -0.1) is 0 Å². The van der Waals surface area contributed by atoms with Crippen molar-refractivity contribution in [3.8, 4) is 6.07 Å². The minimum absolute atomic E-state index is 0.234. The zero-order valence-electron chi connectivity index (χ0n) is 9.80. The average molecular weight is 247 g/mol. The summed E-state index contributed by atoms with van der Waals surface area (Å²) in [5, 5.41) is 21.8. The first kappa shape index (κ1) is 13.5. The van der Waals surface area contributed by atoms with E-state index in [1.54, 1.807) is 24.3 Å². The van der Waals surface area contributed by atoms with E-state index in [9.17, 15) is 9.59 Å². The summed E-state index contributed by atoms with van der Waals surface area (Å²) in [6.45, 7) is 0. The first-order chi connectivity index (χ1) is 8.56. The molecule has 0 spiro atoms. The lowest BCUT2D eigenvalue weighted by atomic mass is 10.0. The molecule has 94 valence electrons. The molecule has 2 amide bonds. The molecule has 0 saturated heterocycles. The molecule has 1 aromatic carbocycles. The number of carboxylic acid groups (broad SMARTS) is 1. The van der Waals surface area contributed by atoms with E-state index in [0.717, 1.165) is 5.56 Å². The van der Waals surface area contributed by atoms with Gasteiger partial charge in [-0.05, 0) is 17.7 Å². The van der Waals surface area contributed by atoms with E-state index in [1.165, 1.54) is 7.05 Å². The molecule has 1 unspecified atom stereocenters. The molecular formula is C12H13N3O3. The van der Waals surface area contributed by atoms with Crippen LogP contribution in [0.5, 0.6) is 0 Å². The lowest BCUT2D eigenvalue weighted by Gasteiger charge is -2.15. The summed E-state index contributed by atoms with van der Waals surface area (Å²) in [5.41, 5.74) is 1.29. The van der Waals surface area contributed by atoms with Gasteiger partial charge in [0.05, 0.1) is 11.6 Å². The number of benzene rings is 1. The van der Waals surface area contributed by atoms with Gasteiger partial charge in [0.2, 0.25) is 5.91 Å². The fourth-order valence-electron chi connectivity index (χ4n) is 1.48. The first-order valence-corrected chi connectivity index (χ1v) is 5.27. The fourth-order valence-corrected chi connectivity index (χ4v) is 1.48. The SMILES string of the molecule is CNC(=O)C(Cc1ccc(C#N)cc1)NC(=O)O. The van der Waals surface area contributed by atoms with E-state index in [-0.39, 0.29) is 6.42 Å². The molecule has 0 aliphatic heterocycles. The molecule has 0 bridgehead atoms. The zero-order valence-corrected chi connectivity index (χ0v) is 9.80. The number of nitrogens with zero attached hydrogens (tertiary/aromatic N) is 1. The summed E-state index contributed by atoms with van der Waals surface area (Å²) in [7, 11) is 1.44. The number of nitriles is 1. The largest absolute Gasteiger partial charge is 0.465 e. The van der Waals surface area contributed by atoms with E-state index in [4.69, 9.17) is 10.4 Å². The summed E-state index contributed by atoms with van der Waals surface area (Å²) in [4.78, 5) is 22.1. The van der Waals surface area contributed by atoms with Gasteiger partial charge in [0.15, 0.2) is 0 Å². The third-order valence-electron chi connectivity index (χ3n) is 2.38. The van der Waals surface area contributed by atoms with Gasteiger partial charge in [-0.25, -0.2) is 4.79 Å². The van der Waals surface area contributed by atoms with Crippen LogP contribution in [0.25, 0.3) is 0 Å². The number of likely N-dealkylation sites (N-methyl/N-ethyl adjacent to an activating group) is 1. The Hall–Kier alpha value is -2.55. The number of hydrogen-bond donors (Lipinski definition) is 3. The van der Waals surface area contributed by atoms with Crippen molar-refractivity contribution in [2.75, 3.05) is 7.05 Å². The molecule has 0 aliphatic rings. The fraction of sp³-hybridized carbons (Fsp3) is 0.250. The number of nitrogens with one attached hydrogen (secondary N) is 2. The first-order valence-electron chi connectivity index (χ1n) is 5.27. The van der Waals surface area contributed by atoms with Gasteiger partial charge in [-0.2, -0.15) is 5.26 Å². The molecule has 1 aromatic rings. The summed E-state index contributed by atoms with van der Waals surface area (Å²) in [5.74, 6) is -0.401. The highest BCUT2D eigenvalue weighted by molar-refractivity contribution is 5.85. The van der Waals surface area contributed by atoms with Crippen LogP contribution in [0.15, 0.2) is 24.3 Å². The van der Waals surface area contributed by atoms with Crippen LogP contribution in [-0.2, 0) is 11.2 Å². The molecule has 0 aromatic heterocycles. The summed E-state index contributed by atoms with van der Waals surface area (Å²) < 4.78 is 0. The number of carbonyl (C=O) groups is 2. The Labute approximate surface area is 104 Å². The molecule has 6 nitrogen and oxygen atoms in total. The van der Waals surface area contributed by atoms with E-state index < -0.39 is 18.0 Å². The number of hydrogen-bond acceptors (Lipinski definition) is 3. The van der Waals surface area contributed by atoms with E-state index >= 15 is 0 Å². The smallest absolute Gasteiger partial charge is 0.405 e. The highest BCUT2D eigenvalue weighted by Gasteiger charge is 2.19. The molecule has 0 radical (unpaired) electrons. The highest BCUT2D eigenvalue weighted by atomic mass is 16.4. The second-order valence-electron chi connectivity index (χ2n) is 3.63. The molecule has 3 N–H and O–H groups in total. The van der Waals surface area contributed by atoms with Crippen molar-refractivity contribution in [3.05, 3.63) is 35.4 Å². The second-order valence-corrected chi connectivity index (χ2v) is 3.63. The van der Waals surface area contributed by atoms with Crippen LogP contribution in [0.3, 0.4) is 0 Å². The van der Waals surface area contributed by atoms with Gasteiger partial charge in [-0.3, -0.25) is 4.79 Å². The van der Waals surface area contributed by atoms with Crippen LogP contribution in [0.1, 0.15) is 11.1 Å². The molecule has 18 heavy (non-hydrogen) atoms. The molecule has 0 saturated carbocycles. The van der Waals surface area contributed by atoms with Gasteiger partial charge in [-0.1, -0.05) is 12.1 Å². The average Bonchev–Trinajstić information content (AvgIpc) is 2.37. The van der Waals surface area contributed by atoms with Crippen LogP contribution < -0.4 is 10.6 Å². The van der Waals surface area contributed by atoms with Crippen molar-refractivity contribution < 1.29 is 14.7 Å². The van der Waals surface area contributed by atoms with E-state index in [2.05, 4.69) is 10.6 Å². The molecular weight excluding hydrogens is 234 g/mol. The van der Waals surface area contributed by atoms with Crippen molar-refractivity contribution in [2.45, 2.75) is 12.5 Å². The van der Waals surface area contributed by atoms with Crippen LogP contribution in [-0.4, -0.2) is 30.2 Å². The Bertz CT molecular complexity index is 476. The van der Waals surface area contributed by atoms with E-state index in [0.29, 0.717) is 5.56 Å². The monoisotopic (exact) mass is 247 g/mol. The predicted molar refractivity (Wildman–Crippen MR) is 63.9 cm³/mol. The summed E-state index contributed by atoms with van der Waals surface area (Å²) in [6.07, 6.45) is -1.02. The van der Waals surface area contributed by atoms with Gasteiger partial charge in [0.1, 0.15) is 6.04 Å². The minimum Gasteiger partial charge on any atom is -0.465 e. The van der Waals surface area contributed by atoms with Crippen molar-refractivity contribution in [1.82, 2.24) is 10.6 Å². The van der Waals surface area contributed by atoms with Crippen LogP contribution in [0.2, 0.25) is 0 Å². The standard InChI is InChI=1S/C12H13N3O3/c1-14-11(16)10(15-12(17)18)6-8-2-4-9(7-13)5-3-8/h2-5,10,15H,6H2,1H3,(H,14,16)(H,17,18). The number of amides is 2. The number of carbonyl (C=O) groups excluding carboxylic acids is 1. The van der Waals surface area contributed by atoms with E-state index in [1.807, 2.05) is 6.07 Å².